The van der Waals surface area contributed by atoms with Gasteiger partial charge in [-0.05, 0) is 24.3 Å². The zero-order chi connectivity index (χ0) is 17.9. The molecule has 0 fully saturated rings. The largest absolute Gasteiger partial charge is 0.484 e. The van der Waals surface area contributed by atoms with Crippen LogP contribution in [0.1, 0.15) is 0 Å². The third-order valence-electron chi connectivity index (χ3n) is 3.70. The number of anilines is 1. The average molecular weight is 367 g/mol. The highest BCUT2D eigenvalue weighted by molar-refractivity contribution is 7.15. The number of nitrogens with zero attached hydrogens (tertiary/aromatic N) is 2. The number of hydrogen-bond acceptors (Lipinski definition) is 4. The van der Waals surface area contributed by atoms with Crippen molar-refractivity contribution < 1.29 is 13.9 Å². The van der Waals surface area contributed by atoms with Gasteiger partial charge in [0, 0.05) is 35.1 Å². The first kappa shape index (κ1) is 16.3. The van der Waals surface area contributed by atoms with Gasteiger partial charge in [0.25, 0.3) is 5.91 Å². The summed E-state index contributed by atoms with van der Waals surface area (Å²) in [6, 6.07) is 13.1. The molecule has 0 radical (unpaired) electrons. The second-order valence-corrected chi connectivity index (χ2v) is 6.47. The molecule has 130 valence electrons. The number of carbonyl (C=O) groups excluding carboxylic acids is 1. The topological polar surface area (TPSA) is 55.6 Å². The summed E-state index contributed by atoms with van der Waals surface area (Å²) in [5.74, 6) is -0.417. The van der Waals surface area contributed by atoms with Crippen molar-refractivity contribution in [1.82, 2.24) is 9.38 Å². The van der Waals surface area contributed by atoms with Crippen LogP contribution in [0, 0.1) is 5.82 Å². The second kappa shape index (κ2) is 6.97. The van der Waals surface area contributed by atoms with Crippen LogP contribution in [-0.2, 0) is 4.79 Å². The first-order valence-electron chi connectivity index (χ1n) is 7.88. The first-order valence-corrected chi connectivity index (χ1v) is 8.76. The Morgan fingerprint density at radius 2 is 2.12 bits per heavy atom. The van der Waals surface area contributed by atoms with Crippen LogP contribution in [0.5, 0.6) is 5.75 Å². The molecule has 0 atom stereocenters. The van der Waals surface area contributed by atoms with E-state index in [1.807, 2.05) is 40.4 Å². The monoisotopic (exact) mass is 367 g/mol. The summed E-state index contributed by atoms with van der Waals surface area (Å²) in [7, 11) is 0. The molecule has 5 nitrogen and oxygen atoms in total. The van der Waals surface area contributed by atoms with E-state index in [9.17, 15) is 9.18 Å². The van der Waals surface area contributed by atoms with Crippen molar-refractivity contribution in [1.29, 1.82) is 0 Å². The summed E-state index contributed by atoms with van der Waals surface area (Å²) in [6.07, 6.45) is 3.89. The number of imidazole rings is 1. The SMILES string of the molecule is O=C(COc1cccc(F)c1)Nc1cccc(-c2cn3ccsc3n2)c1. The minimum absolute atomic E-state index is 0.201. The zero-order valence-corrected chi connectivity index (χ0v) is 14.4. The molecule has 2 aromatic carbocycles. The normalized spacial score (nSPS) is 10.8. The molecular formula is C19H14FN3O2S. The molecule has 0 bridgehead atoms. The number of thiazole rings is 1. The van der Waals surface area contributed by atoms with E-state index in [-0.39, 0.29) is 12.5 Å². The van der Waals surface area contributed by atoms with E-state index in [1.165, 1.54) is 18.2 Å². The molecule has 7 heteroatoms. The number of rotatable bonds is 5. The van der Waals surface area contributed by atoms with Gasteiger partial charge in [-0.2, -0.15) is 0 Å². The Hall–Kier alpha value is -3.19. The highest BCUT2D eigenvalue weighted by Gasteiger charge is 2.08. The van der Waals surface area contributed by atoms with E-state index in [1.54, 1.807) is 23.5 Å². The summed E-state index contributed by atoms with van der Waals surface area (Å²) in [6.45, 7) is -0.201. The third-order valence-corrected chi connectivity index (χ3v) is 4.47. The number of amides is 1. The van der Waals surface area contributed by atoms with Crippen molar-refractivity contribution in [2.75, 3.05) is 11.9 Å². The van der Waals surface area contributed by atoms with Gasteiger partial charge in [0.2, 0.25) is 0 Å². The summed E-state index contributed by atoms with van der Waals surface area (Å²) in [5.41, 5.74) is 2.39. The molecule has 0 aliphatic carbocycles. The summed E-state index contributed by atoms with van der Waals surface area (Å²) < 4.78 is 20.4. The minimum atomic E-state index is -0.407. The molecular weight excluding hydrogens is 353 g/mol. The van der Waals surface area contributed by atoms with Gasteiger partial charge in [-0.25, -0.2) is 9.37 Å². The fourth-order valence-corrected chi connectivity index (χ4v) is 3.23. The number of ether oxygens (including phenoxy) is 1. The molecule has 1 amide bonds. The molecule has 0 aliphatic heterocycles. The lowest BCUT2D eigenvalue weighted by atomic mass is 10.1. The Morgan fingerprint density at radius 1 is 1.23 bits per heavy atom. The molecule has 4 rings (SSSR count). The molecule has 1 N–H and O–H groups in total. The lowest BCUT2D eigenvalue weighted by molar-refractivity contribution is -0.118. The quantitative estimate of drug-likeness (QED) is 0.575. The van der Waals surface area contributed by atoms with Gasteiger partial charge in [0.15, 0.2) is 11.6 Å². The van der Waals surface area contributed by atoms with Crippen molar-refractivity contribution in [3.63, 3.8) is 0 Å². The number of aromatic nitrogens is 2. The Morgan fingerprint density at radius 3 is 2.96 bits per heavy atom. The predicted octanol–water partition coefficient (Wildman–Crippen LogP) is 4.22. The Bertz CT molecular complexity index is 1040. The maximum atomic E-state index is 13.1. The van der Waals surface area contributed by atoms with E-state index in [0.29, 0.717) is 11.4 Å². The fourth-order valence-electron chi connectivity index (χ4n) is 2.53. The van der Waals surface area contributed by atoms with Gasteiger partial charge in [-0.3, -0.25) is 9.20 Å². The first-order chi connectivity index (χ1) is 12.7. The zero-order valence-electron chi connectivity index (χ0n) is 13.6. The van der Waals surface area contributed by atoms with Crippen molar-refractivity contribution >= 4 is 27.9 Å². The summed E-state index contributed by atoms with van der Waals surface area (Å²) >= 11 is 1.56. The Balaban J connectivity index is 1.43. The van der Waals surface area contributed by atoms with E-state index < -0.39 is 5.82 Å². The summed E-state index contributed by atoms with van der Waals surface area (Å²) in [5, 5.41) is 4.75. The number of fused-ring (bicyclic) bond motifs is 1. The van der Waals surface area contributed by atoms with E-state index in [2.05, 4.69) is 10.3 Å². The van der Waals surface area contributed by atoms with E-state index in [4.69, 9.17) is 4.74 Å². The van der Waals surface area contributed by atoms with Crippen molar-refractivity contribution in [3.8, 4) is 17.0 Å². The van der Waals surface area contributed by atoms with Crippen LogP contribution in [-0.4, -0.2) is 21.9 Å². The molecule has 0 saturated carbocycles. The van der Waals surface area contributed by atoms with E-state index >= 15 is 0 Å². The molecule has 26 heavy (non-hydrogen) atoms. The van der Waals surface area contributed by atoms with Crippen LogP contribution in [0.2, 0.25) is 0 Å². The highest BCUT2D eigenvalue weighted by Crippen LogP contribution is 2.24. The average Bonchev–Trinajstić information content (AvgIpc) is 3.22. The van der Waals surface area contributed by atoms with Crippen molar-refractivity contribution in [2.24, 2.45) is 0 Å². The number of hydrogen-bond donors (Lipinski definition) is 1. The van der Waals surface area contributed by atoms with Crippen molar-refractivity contribution in [2.45, 2.75) is 0 Å². The van der Waals surface area contributed by atoms with Crippen LogP contribution < -0.4 is 10.1 Å². The number of carbonyl (C=O) groups is 1. The van der Waals surface area contributed by atoms with Crippen LogP contribution in [0.15, 0.2) is 66.3 Å². The minimum Gasteiger partial charge on any atom is -0.484 e. The highest BCUT2D eigenvalue weighted by atomic mass is 32.1. The number of nitrogens with one attached hydrogen (secondary N) is 1. The fraction of sp³-hybridized carbons (Fsp3) is 0.0526. The van der Waals surface area contributed by atoms with Crippen molar-refractivity contribution in [3.05, 3.63) is 72.1 Å². The molecule has 0 saturated heterocycles. The number of halogens is 1. The molecule has 0 unspecified atom stereocenters. The Labute approximate surface area is 152 Å². The second-order valence-electron chi connectivity index (χ2n) is 5.59. The number of benzene rings is 2. The van der Waals surface area contributed by atoms with Crippen LogP contribution >= 0.6 is 11.3 Å². The molecule has 0 spiro atoms. The maximum Gasteiger partial charge on any atom is 0.262 e. The van der Waals surface area contributed by atoms with Crippen LogP contribution in [0.3, 0.4) is 0 Å². The molecule has 2 aromatic heterocycles. The van der Waals surface area contributed by atoms with Crippen LogP contribution in [0.25, 0.3) is 16.2 Å². The van der Waals surface area contributed by atoms with Gasteiger partial charge in [0.05, 0.1) is 5.69 Å². The molecule has 0 aliphatic rings. The lowest BCUT2D eigenvalue weighted by Crippen LogP contribution is -2.20. The molecule has 4 aromatic rings. The summed E-state index contributed by atoms with van der Waals surface area (Å²) in [4.78, 5) is 17.5. The standard InChI is InChI=1S/C19H14FN3O2S/c20-14-4-2-6-16(10-14)25-12-18(24)21-15-5-1-3-13(9-15)17-11-23-7-8-26-19(23)22-17/h1-11H,12H2,(H,21,24). The van der Waals surface area contributed by atoms with Gasteiger partial charge in [-0.1, -0.05) is 18.2 Å². The predicted molar refractivity (Wildman–Crippen MR) is 99.0 cm³/mol. The lowest BCUT2D eigenvalue weighted by Gasteiger charge is -2.08. The third kappa shape index (κ3) is 3.57. The van der Waals surface area contributed by atoms with Gasteiger partial charge in [0.1, 0.15) is 11.6 Å². The maximum absolute atomic E-state index is 13.1. The smallest absolute Gasteiger partial charge is 0.262 e. The van der Waals surface area contributed by atoms with Crippen LogP contribution in [0.4, 0.5) is 10.1 Å². The van der Waals surface area contributed by atoms with Gasteiger partial charge in [-0.15, -0.1) is 11.3 Å². The molecule has 2 heterocycles. The van der Waals surface area contributed by atoms with Gasteiger partial charge >= 0.3 is 0 Å². The Kier molecular flexibility index (Phi) is 4.37. The van der Waals surface area contributed by atoms with Gasteiger partial charge < -0.3 is 10.1 Å². The van der Waals surface area contributed by atoms with E-state index in [0.717, 1.165) is 16.2 Å².